The standard InChI is InChI=1S/C25H33F3N4O/c1-23(2,3)10-13-32-14-11-24(12-15-32)16-18(24)17-29-22-9-8-20(30-31-22)19-6-4-5-7-21(19)33-25(26,27)28/h4-9,18H,10-17H2,1-3H3,(H,29,31). The first-order valence-corrected chi connectivity index (χ1v) is 11.7. The fourth-order valence-corrected chi connectivity index (χ4v) is 4.74. The Labute approximate surface area is 193 Å². The van der Waals surface area contributed by atoms with Crippen LogP contribution in [0.25, 0.3) is 11.3 Å². The molecule has 1 aliphatic heterocycles. The molecule has 2 heterocycles. The Balaban J connectivity index is 1.27. The molecule has 8 heteroatoms. The van der Waals surface area contributed by atoms with Crippen molar-refractivity contribution >= 4 is 5.82 Å². The minimum absolute atomic E-state index is 0.258. The molecular formula is C25H33F3N4O. The van der Waals surface area contributed by atoms with Gasteiger partial charge in [-0.05, 0) is 86.3 Å². The first-order valence-electron chi connectivity index (χ1n) is 11.7. The Morgan fingerprint density at radius 2 is 1.79 bits per heavy atom. The van der Waals surface area contributed by atoms with E-state index in [1.807, 2.05) is 0 Å². The minimum atomic E-state index is -4.76. The summed E-state index contributed by atoms with van der Waals surface area (Å²) in [6, 6.07) is 9.39. The third-order valence-corrected chi connectivity index (χ3v) is 6.97. The van der Waals surface area contributed by atoms with Gasteiger partial charge in [0.2, 0.25) is 0 Å². The van der Waals surface area contributed by atoms with Gasteiger partial charge in [0.1, 0.15) is 11.6 Å². The molecule has 5 nitrogen and oxygen atoms in total. The predicted molar refractivity (Wildman–Crippen MR) is 123 cm³/mol. The highest BCUT2D eigenvalue weighted by molar-refractivity contribution is 5.67. The van der Waals surface area contributed by atoms with E-state index in [1.54, 1.807) is 24.3 Å². The third kappa shape index (κ3) is 6.37. The molecule has 1 unspecified atom stereocenters. The third-order valence-electron chi connectivity index (χ3n) is 6.97. The second-order valence-corrected chi connectivity index (χ2v) is 10.6. The highest BCUT2D eigenvalue weighted by Crippen LogP contribution is 2.59. The Morgan fingerprint density at radius 3 is 2.42 bits per heavy atom. The Bertz CT molecular complexity index is 932. The summed E-state index contributed by atoms with van der Waals surface area (Å²) >= 11 is 0. The second-order valence-electron chi connectivity index (χ2n) is 10.6. The van der Waals surface area contributed by atoms with Crippen LogP contribution in [0.3, 0.4) is 0 Å². The number of anilines is 1. The van der Waals surface area contributed by atoms with Gasteiger partial charge in [0, 0.05) is 12.1 Å². The summed E-state index contributed by atoms with van der Waals surface area (Å²) in [7, 11) is 0. The quantitative estimate of drug-likeness (QED) is 0.548. The van der Waals surface area contributed by atoms with Crippen molar-refractivity contribution in [2.75, 3.05) is 31.5 Å². The van der Waals surface area contributed by atoms with Gasteiger partial charge in [-0.3, -0.25) is 0 Å². The summed E-state index contributed by atoms with van der Waals surface area (Å²) in [5.74, 6) is 0.996. The summed E-state index contributed by atoms with van der Waals surface area (Å²) in [5.41, 5.74) is 1.44. The van der Waals surface area contributed by atoms with Gasteiger partial charge in [-0.25, -0.2) is 0 Å². The van der Waals surface area contributed by atoms with Crippen LogP contribution < -0.4 is 10.1 Å². The van der Waals surface area contributed by atoms with E-state index in [-0.39, 0.29) is 11.3 Å². The smallest absolute Gasteiger partial charge is 0.405 e. The number of benzene rings is 1. The average Bonchev–Trinajstić information content (AvgIpc) is 3.43. The van der Waals surface area contributed by atoms with Crippen LogP contribution in [0.15, 0.2) is 36.4 Å². The predicted octanol–water partition coefficient (Wildman–Crippen LogP) is 5.99. The van der Waals surface area contributed by atoms with Crippen molar-refractivity contribution in [2.24, 2.45) is 16.7 Å². The largest absolute Gasteiger partial charge is 0.573 e. The number of aromatic nitrogens is 2. The molecule has 1 spiro atoms. The zero-order valence-corrected chi connectivity index (χ0v) is 19.6. The number of likely N-dealkylation sites (tertiary alicyclic amines) is 1. The summed E-state index contributed by atoms with van der Waals surface area (Å²) in [5, 5.41) is 11.7. The van der Waals surface area contributed by atoms with Gasteiger partial charge >= 0.3 is 6.36 Å². The normalized spacial score (nSPS) is 20.6. The Morgan fingerprint density at radius 1 is 1.06 bits per heavy atom. The van der Waals surface area contributed by atoms with Gasteiger partial charge < -0.3 is 15.0 Å². The van der Waals surface area contributed by atoms with E-state index in [0.717, 1.165) is 6.54 Å². The molecular weight excluding hydrogens is 429 g/mol. The number of hydrogen-bond donors (Lipinski definition) is 1. The Kier molecular flexibility index (Phi) is 6.58. The highest BCUT2D eigenvalue weighted by Gasteiger charge is 2.54. The van der Waals surface area contributed by atoms with Crippen molar-refractivity contribution in [2.45, 2.75) is 52.8 Å². The van der Waals surface area contributed by atoms with Gasteiger partial charge in [-0.15, -0.1) is 23.4 Å². The van der Waals surface area contributed by atoms with Crippen LogP contribution in [-0.4, -0.2) is 47.6 Å². The van der Waals surface area contributed by atoms with Crippen LogP contribution >= 0.6 is 0 Å². The number of hydrogen-bond acceptors (Lipinski definition) is 5. The number of alkyl halides is 3. The summed E-state index contributed by atoms with van der Waals surface area (Å²) in [6.45, 7) is 11.3. The maximum Gasteiger partial charge on any atom is 0.573 e. The average molecular weight is 463 g/mol. The number of halogens is 3. The van der Waals surface area contributed by atoms with Crippen LogP contribution in [0.5, 0.6) is 5.75 Å². The zero-order valence-electron chi connectivity index (χ0n) is 19.6. The molecule has 1 N–H and O–H groups in total. The number of rotatable bonds is 7. The first kappa shape index (κ1) is 23.8. The fraction of sp³-hybridized carbons (Fsp3) is 0.600. The molecule has 33 heavy (non-hydrogen) atoms. The van der Waals surface area contributed by atoms with E-state index >= 15 is 0 Å². The number of nitrogens with zero attached hydrogens (tertiary/aromatic N) is 3. The van der Waals surface area contributed by atoms with Gasteiger partial charge in [-0.2, -0.15) is 0 Å². The van der Waals surface area contributed by atoms with Gasteiger partial charge in [-0.1, -0.05) is 32.9 Å². The molecule has 1 aromatic heterocycles. The lowest BCUT2D eigenvalue weighted by Gasteiger charge is -2.34. The lowest BCUT2D eigenvalue weighted by molar-refractivity contribution is -0.274. The maximum atomic E-state index is 12.7. The molecule has 180 valence electrons. The zero-order chi connectivity index (χ0) is 23.7. The molecule has 1 atom stereocenters. The fourth-order valence-electron chi connectivity index (χ4n) is 4.74. The topological polar surface area (TPSA) is 50.3 Å². The molecule has 1 saturated heterocycles. The number of para-hydroxylation sites is 1. The highest BCUT2D eigenvalue weighted by atomic mass is 19.4. The van der Waals surface area contributed by atoms with Crippen molar-refractivity contribution < 1.29 is 17.9 Å². The lowest BCUT2D eigenvalue weighted by atomic mass is 9.88. The summed E-state index contributed by atoms with van der Waals surface area (Å²) in [4.78, 5) is 2.60. The monoisotopic (exact) mass is 462 g/mol. The number of ether oxygens (including phenoxy) is 1. The van der Waals surface area contributed by atoms with Crippen molar-refractivity contribution in [3.63, 3.8) is 0 Å². The molecule has 2 fully saturated rings. The summed E-state index contributed by atoms with van der Waals surface area (Å²) in [6.07, 6.45) is 0.232. The number of nitrogens with one attached hydrogen (secondary N) is 1. The van der Waals surface area contributed by atoms with E-state index in [9.17, 15) is 13.2 Å². The van der Waals surface area contributed by atoms with E-state index in [4.69, 9.17) is 0 Å². The first-order chi connectivity index (χ1) is 15.5. The molecule has 1 saturated carbocycles. The molecule has 0 amide bonds. The van der Waals surface area contributed by atoms with Gasteiger partial charge in [0.15, 0.2) is 0 Å². The van der Waals surface area contributed by atoms with Crippen molar-refractivity contribution in [1.82, 2.24) is 15.1 Å². The molecule has 0 radical (unpaired) electrons. The van der Waals surface area contributed by atoms with E-state index in [0.29, 0.717) is 28.3 Å². The molecule has 0 bridgehead atoms. The maximum absolute atomic E-state index is 12.7. The molecule has 4 rings (SSSR count). The molecule has 1 aliphatic carbocycles. The van der Waals surface area contributed by atoms with Crippen LogP contribution in [0.1, 0.15) is 46.5 Å². The van der Waals surface area contributed by atoms with Crippen LogP contribution in [-0.2, 0) is 0 Å². The molecule has 1 aromatic carbocycles. The second kappa shape index (κ2) is 9.12. The van der Waals surface area contributed by atoms with E-state index in [2.05, 4.69) is 45.9 Å². The number of piperidine rings is 1. The van der Waals surface area contributed by atoms with Crippen LogP contribution in [0.2, 0.25) is 0 Å². The van der Waals surface area contributed by atoms with E-state index < -0.39 is 6.36 Å². The van der Waals surface area contributed by atoms with E-state index in [1.165, 1.54) is 57.5 Å². The van der Waals surface area contributed by atoms with Crippen molar-refractivity contribution in [3.8, 4) is 17.0 Å². The molecule has 2 aliphatic rings. The van der Waals surface area contributed by atoms with Crippen molar-refractivity contribution in [1.29, 1.82) is 0 Å². The summed E-state index contributed by atoms with van der Waals surface area (Å²) < 4.78 is 42.1. The Hall–Kier alpha value is -2.35. The lowest BCUT2D eigenvalue weighted by Crippen LogP contribution is -2.37. The van der Waals surface area contributed by atoms with Gasteiger partial charge in [0.05, 0.1) is 5.69 Å². The van der Waals surface area contributed by atoms with Crippen LogP contribution in [0.4, 0.5) is 19.0 Å². The van der Waals surface area contributed by atoms with Gasteiger partial charge in [0.25, 0.3) is 0 Å². The minimum Gasteiger partial charge on any atom is -0.405 e. The SMILES string of the molecule is CC(C)(C)CCN1CCC2(CC1)CC2CNc1ccc(-c2ccccc2OC(F)(F)F)nn1. The molecule has 2 aromatic rings. The van der Waals surface area contributed by atoms with Crippen LogP contribution in [0, 0.1) is 16.7 Å². The van der Waals surface area contributed by atoms with Crippen molar-refractivity contribution in [3.05, 3.63) is 36.4 Å².